The fraction of sp³-hybridized carbons (Fsp3) is 0.217. The summed E-state index contributed by atoms with van der Waals surface area (Å²) in [6.45, 7) is 0.463. The quantitative estimate of drug-likeness (QED) is 0.205. The number of carbonyl (C=O) groups excluding carboxylic acids is 2. The van der Waals surface area contributed by atoms with Crippen LogP contribution in [0.15, 0.2) is 53.5 Å². The van der Waals surface area contributed by atoms with Gasteiger partial charge in [-0.15, -0.1) is 0 Å². The van der Waals surface area contributed by atoms with E-state index in [0.717, 1.165) is 16.3 Å². The number of halogens is 1. The molecule has 0 aliphatic carbocycles. The number of hydrogen-bond acceptors (Lipinski definition) is 6. The number of para-hydroxylation sites is 1. The SMILES string of the molecule is O=C(CCCCCn1cc(C(=O)Nc2nc3ccccc3s2)c(=O)c2cc(F)ccc21)NO. The molecule has 0 radical (unpaired) electrons. The zero-order chi connectivity index (χ0) is 23.4. The molecule has 33 heavy (non-hydrogen) atoms. The summed E-state index contributed by atoms with van der Waals surface area (Å²) in [5, 5.41) is 11.7. The van der Waals surface area contributed by atoms with Crippen molar-refractivity contribution in [3.63, 3.8) is 0 Å². The van der Waals surface area contributed by atoms with Gasteiger partial charge in [0.15, 0.2) is 5.13 Å². The van der Waals surface area contributed by atoms with Gasteiger partial charge < -0.3 is 4.57 Å². The number of nitrogens with one attached hydrogen (secondary N) is 2. The van der Waals surface area contributed by atoms with E-state index in [1.165, 1.54) is 29.7 Å². The molecule has 0 spiro atoms. The Labute approximate surface area is 191 Å². The van der Waals surface area contributed by atoms with Crippen LogP contribution in [0.3, 0.4) is 0 Å². The van der Waals surface area contributed by atoms with E-state index in [0.29, 0.717) is 36.5 Å². The lowest BCUT2D eigenvalue weighted by molar-refractivity contribution is -0.129. The van der Waals surface area contributed by atoms with Crippen molar-refractivity contribution in [1.82, 2.24) is 15.0 Å². The Morgan fingerprint density at radius 1 is 1.12 bits per heavy atom. The molecule has 0 saturated heterocycles. The van der Waals surface area contributed by atoms with Crippen molar-refractivity contribution in [2.75, 3.05) is 5.32 Å². The van der Waals surface area contributed by atoms with E-state index in [9.17, 15) is 18.8 Å². The fourth-order valence-corrected chi connectivity index (χ4v) is 4.47. The molecule has 4 rings (SSSR count). The molecule has 0 unspecified atom stereocenters. The summed E-state index contributed by atoms with van der Waals surface area (Å²) >= 11 is 1.30. The minimum absolute atomic E-state index is 0.105. The number of aromatic nitrogens is 2. The number of rotatable bonds is 8. The summed E-state index contributed by atoms with van der Waals surface area (Å²) in [5.74, 6) is -1.63. The van der Waals surface area contributed by atoms with Crippen molar-refractivity contribution < 1.29 is 19.2 Å². The number of unbranched alkanes of at least 4 members (excludes halogenated alkanes) is 2. The van der Waals surface area contributed by atoms with Crippen LogP contribution in [0, 0.1) is 5.82 Å². The number of hydrogen-bond donors (Lipinski definition) is 3. The maximum absolute atomic E-state index is 13.9. The number of amides is 2. The third-order valence-corrected chi connectivity index (χ3v) is 6.18. The molecule has 2 aromatic heterocycles. The first-order valence-corrected chi connectivity index (χ1v) is 11.2. The van der Waals surface area contributed by atoms with Gasteiger partial charge in [0.2, 0.25) is 11.3 Å². The van der Waals surface area contributed by atoms with Crippen molar-refractivity contribution >= 4 is 49.4 Å². The molecule has 8 nitrogen and oxygen atoms in total. The van der Waals surface area contributed by atoms with Gasteiger partial charge in [0.05, 0.1) is 15.7 Å². The molecule has 0 aliphatic heterocycles. The third-order valence-electron chi connectivity index (χ3n) is 5.23. The van der Waals surface area contributed by atoms with Gasteiger partial charge in [-0.2, -0.15) is 0 Å². The highest BCUT2D eigenvalue weighted by molar-refractivity contribution is 7.22. The highest BCUT2D eigenvalue weighted by atomic mass is 32.1. The van der Waals surface area contributed by atoms with Crippen LogP contribution in [0.5, 0.6) is 0 Å². The number of carbonyl (C=O) groups is 2. The van der Waals surface area contributed by atoms with Crippen LogP contribution in [-0.2, 0) is 11.3 Å². The average Bonchev–Trinajstić information content (AvgIpc) is 3.22. The summed E-state index contributed by atoms with van der Waals surface area (Å²) in [4.78, 5) is 41.4. The maximum atomic E-state index is 13.9. The molecule has 0 atom stereocenters. The minimum Gasteiger partial charge on any atom is -0.346 e. The first-order chi connectivity index (χ1) is 16.0. The van der Waals surface area contributed by atoms with E-state index < -0.39 is 23.1 Å². The highest BCUT2D eigenvalue weighted by Crippen LogP contribution is 2.26. The Morgan fingerprint density at radius 3 is 2.73 bits per heavy atom. The topological polar surface area (TPSA) is 113 Å². The number of benzene rings is 2. The van der Waals surface area contributed by atoms with E-state index in [2.05, 4.69) is 10.3 Å². The van der Waals surface area contributed by atoms with Gasteiger partial charge in [-0.3, -0.25) is 24.9 Å². The average molecular weight is 469 g/mol. The molecule has 4 aromatic rings. The standard InChI is InChI=1S/C23H21FN4O4S/c24-14-9-10-18-15(12-14)21(30)16(13-28(18)11-5-1-2-8-20(29)27-32)22(31)26-23-25-17-6-3-4-7-19(17)33-23/h3-4,6-7,9-10,12-13,32H,1-2,5,8,11H2,(H,27,29)(H,25,26,31). The van der Waals surface area contributed by atoms with Gasteiger partial charge in [-0.25, -0.2) is 14.9 Å². The third kappa shape index (κ3) is 5.07. The van der Waals surface area contributed by atoms with E-state index in [1.807, 2.05) is 24.3 Å². The molecule has 0 bridgehead atoms. The first-order valence-electron chi connectivity index (χ1n) is 10.4. The van der Waals surface area contributed by atoms with Crippen molar-refractivity contribution in [3.8, 4) is 0 Å². The Hall–Kier alpha value is -3.63. The molecule has 0 fully saturated rings. The second-order valence-corrected chi connectivity index (χ2v) is 8.54. The van der Waals surface area contributed by atoms with Gasteiger partial charge in [0, 0.05) is 24.5 Å². The Morgan fingerprint density at radius 2 is 1.94 bits per heavy atom. The summed E-state index contributed by atoms with van der Waals surface area (Å²) < 4.78 is 16.5. The number of pyridine rings is 1. The fourth-order valence-electron chi connectivity index (χ4n) is 3.61. The summed E-state index contributed by atoms with van der Waals surface area (Å²) in [6, 6.07) is 11.4. The predicted molar refractivity (Wildman–Crippen MR) is 124 cm³/mol. The van der Waals surface area contributed by atoms with E-state index in [-0.39, 0.29) is 17.4 Å². The number of anilines is 1. The molecule has 3 N–H and O–H groups in total. The molecular weight excluding hydrogens is 447 g/mol. The van der Waals surface area contributed by atoms with Crippen molar-refractivity contribution in [3.05, 3.63) is 70.3 Å². The molecule has 2 amide bonds. The van der Waals surface area contributed by atoms with Crippen molar-refractivity contribution in [2.24, 2.45) is 0 Å². The molecule has 0 saturated carbocycles. The number of aryl methyl sites for hydroxylation is 1. The summed E-state index contributed by atoms with van der Waals surface area (Å²) in [6.07, 6.45) is 3.60. The lowest BCUT2D eigenvalue weighted by Crippen LogP contribution is -2.24. The van der Waals surface area contributed by atoms with Crippen LogP contribution >= 0.6 is 11.3 Å². The zero-order valence-electron chi connectivity index (χ0n) is 17.5. The minimum atomic E-state index is -0.612. The van der Waals surface area contributed by atoms with Gasteiger partial charge in [0.25, 0.3) is 5.91 Å². The molecule has 2 heterocycles. The number of hydroxylamine groups is 1. The van der Waals surface area contributed by atoms with E-state index >= 15 is 0 Å². The number of fused-ring (bicyclic) bond motifs is 2. The highest BCUT2D eigenvalue weighted by Gasteiger charge is 2.18. The van der Waals surface area contributed by atoms with Crippen molar-refractivity contribution in [1.29, 1.82) is 0 Å². The van der Waals surface area contributed by atoms with Crippen LogP contribution in [0.4, 0.5) is 9.52 Å². The second-order valence-electron chi connectivity index (χ2n) is 7.51. The normalized spacial score (nSPS) is 11.1. The molecule has 10 heteroatoms. The largest absolute Gasteiger partial charge is 0.346 e. The Bertz CT molecular complexity index is 1370. The smallest absolute Gasteiger partial charge is 0.262 e. The second kappa shape index (κ2) is 9.88. The lowest BCUT2D eigenvalue weighted by Gasteiger charge is -2.13. The Balaban J connectivity index is 1.60. The van der Waals surface area contributed by atoms with Crippen LogP contribution in [0.2, 0.25) is 0 Å². The maximum Gasteiger partial charge on any atom is 0.262 e. The van der Waals surface area contributed by atoms with Gasteiger partial charge in [0.1, 0.15) is 11.4 Å². The van der Waals surface area contributed by atoms with Crippen molar-refractivity contribution in [2.45, 2.75) is 32.2 Å². The summed E-state index contributed by atoms with van der Waals surface area (Å²) in [5.41, 5.74) is 2.19. The lowest BCUT2D eigenvalue weighted by atomic mass is 10.1. The molecule has 0 aliphatic rings. The van der Waals surface area contributed by atoms with E-state index in [1.54, 1.807) is 10.0 Å². The first kappa shape index (κ1) is 22.6. The zero-order valence-corrected chi connectivity index (χ0v) is 18.3. The van der Waals surface area contributed by atoms with Crippen LogP contribution in [-0.4, -0.2) is 26.6 Å². The molecule has 170 valence electrons. The van der Waals surface area contributed by atoms with Gasteiger partial charge >= 0.3 is 0 Å². The monoisotopic (exact) mass is 468 g/mol. The summed E-state index contributed by atoms with van der Waals surface area (Å²) in [7, 11) is 0. The Kier molecular flexibility index (Phi) is 6.76. The predicted octanol–water partition coefficient (Wildman–Crippen LogP) is 4.07. The number of nitrogens with zero attached hydrogens (tertiary/aromatic N) is 2. The van der Waals surface area contributed by atoms with Crippen LogP contribution in [0.1, 0.15) is 36.0 Å². The number of thiazole rings is 1. The van der Waals surface area contributed by atoms with Gasteiger partial charge in [-0.05, 0) is 43.2 Å². The molecular formula is C23H21FN4O4S. The van der Waals surface area contributed by atoms with Crippen LogP contribution in [0.25, 0.3) is 21.1 Å². The van der Waals surface area contributed by atoms with Crippen LogP contribution < -0.4 is 16.2 Å². The van der Waals surface area contributed by atoms with E-state index in [4.69, 9.17) is 5.21 Å². The van der Waals surface area contributed by atoms with Gasteiger partial charge in [-0.1, -0.05) is 29.9 Å². The molecule has 2 aromatic carbocycles.